The smallest absolute Gasteiger partial charge is 0.138 e. The number of ketones is 1. The zero-order valence-electron chi connectivity index (χ0n) is 12.1. The third-order valence-electron chi connectivity index (χ3n) is 3.78. The van der Waals surface area contributed by atoms with Gasteiger partial charge in [-0.15, -0.1) is 0 Å². The van der Waals surface area contributed by atoms with Crippen molar-refractivity contribution >= 4 is 17.2 Å². The lowest BCUT2D eigenvalue weighted by Crippen LogP contribution is -2.09. The van der Waals surface area contributed by atoms with E-state index in [4.69, 9.17) is 0 Å². The Kier molecular flexibility index (Phi) is 4.00. The van der Waals surface area contributed by atoms with E-state index in [-0.39, 0.29) is 23.5 Å². The summed E-state index contributed by atoms with van der Waals surface area (Å²) in [6.07, 6.45) is 2.12. The number of hydrogen-bond donors (Lipinski definition) is 1. The molecule has 1 heterocycles. The number of phenols is 1. The first-order valence-corrected chi connectivity index (χ1v) is 7.29. The molecule has 0 atom stereocenters. The first-order valence-electron chi connectivity index (χ1n) is 7.29. The molecular formula is C18H16FNO2. The maximum Gasteiger partial charge on any atom is 0.138 e. The van der Waals surface area contributed by atoms with Crippen molar-refractivity contribution in [2.24, 2.45) is 4.99 Å². The Hall–Kier alpha value is -2.49. The molecule has 0 unspecified atom stereocenters. The van der Waals surface area contributed by atoms with E-state index in [0.29, 0.717) is 12.1 Å². The van der Waals surface area contributed by atoms with Crippen molar-refractivity contribution in [1.29, 1.82) is 0 Å². The van der Waals surface area contributed by atoms with Crippen LogP contribution >= 0.6 is 0 Å². The summed E-state index contributed by atoms with van der Waals surface area (Å²) in [6, 6.07) is 11.4. The lowest BCUT2D eigenvalue weighted by atomic mass is 10.0. The summed E-state index contributed by atoms with van der Waals surface area (Å²) >= 11 is 0. The minimum absolute atomic E-state index is 0.0511. The van der Waals surface area contributed by atoms with Crippen LogP contribution < -0.4 is 0 Å². The fourth-order valence-corrected chi connectivity index (χ4v) is 2.66. The van der Waals surface area contributed by atoms with Crippen LogP contribution in [0, 0.1) is 5.82 Å². The number of para-hydroxylation sites is 1. The number of aryl methyl sites for hydroxylation is 1. The summed E-state index contributed by atoms with van der Waals surface area (Å²) in [5.74, 6) is -0.476. The molecule has 22 heavy (non-hydrogen) atoms. The number of rotatable bonds is 1. The van der Waals surface area contributed by atoms with Crippen molar-refractivity contribution in [1.82, 2.24) is 0 Å². The molecule has 2 aromatic carbocycles. The summed E-state index contributed by atoms with van der Waals surface area (Å²) in [5, 5.41) is 10.00. The van der Waals surface area contributed by atoms with Gasteiger partial charge in [0.25, 0.3) is 0 Å². The van der Waals surface area contributed by atoms with Crippen LogP contribution in [0.4, 0.5) is 10.1 Å². The highest BCUT2D eigenvalue weighted by Crippen LogP contribution is 2.27. The molecule has 2 aromatic rings. The van der Waals surface area contributed by atoms with Crippen molar-refractivity contribution in [2.75, 3.05) is 0 Å². The Labute approximate surface area is 128 Å². The minimum Gasteiger partial charge on any atom is -0.507 e. The Morgan fingerprint density at radius 1 is 1.09 bits per heavy atom. The van der Waals surface area contributed by atoms with Crippen LogP contribution in [0.1, 0.15) is 30.4 Å². The standard InChI is InChI=1S/C18H16FNO2/c19-13-8-9-18(22)15(10-13)17-11-14(21)6-3-5-12-4-1-2-7-16(12)20-17/h1-2,4,7-10,22H,3,5-6,11H2. The number of phenolic OH excluding ortho intramolecular Hbond substituents is 1. The van der Waals surface area contributed by atoms with Gasteiger partial charge in [0.2, 0.25) is 0 Å². The Morgan fingerprint density at radius 2 is 1.91 bits per heavy atom. The zero-order chi connectivity index (χ0) is 15.5. The number of nitrogens with zero attached hydrogens (tertiary/aromatic N) is 1. The number of fused-ring (bicyclic) bond motifs is 1. The molecule has 0 radical (unpaired) electrons. The number of aromatic hydroxyl groups is 1. The van der Waals surface area contributed by atoms with E-state index in [0.717, 1.165) is 24.1 Å². The van der Waals surface area contributed by atoms with Gasteiger partial charge in [-0.2, -0.15) is 0 Å². The molecule has 0 saturated carbocycles. The van der Waals surface area contributed by atoms with Crippen molar-refractivity contribution in [3.63, 3.8) is 0 Å². The monoisotopic (exact) mass is 297 g/mol. The topological polar surface area (TPSA) is 49.7 Å². The third-order valence-corrected chi connectivity index (χ3v) is 3.78. The predicted molar refractivity (Wildman–Crippen MR) is 83.3 cm³/mol. The van der Waals surface area contributed by atoms with E-state index >= 15 is 0 Å². The summed E-state index contributed by atoms with van der Waals surface area (Å²) in [7, 11) is 0. The Bertz CT molecular complexity index is 753. The SMILES string of the molecule is O=C1CCCc2ccccc2N=C(c2cc(F)ccc2O)C1. The molecule has 1 aliphatic rings. The van der Waals surface area contributed by atoms with Gasteiger partial charge in [-0.1, -0.05) is 18.2 Å². The highest BCUT2D eigenvalue weighted by molar-refractivity contribution is 6.13. The third kappa shape index (κ3) is 3.06. The van der Waals surface area contributed by atoms with Gasteiger partial charge >= 0.3 is 0 Å². The fraction of sp³-hybridized carbons (Fsp3) is 0.222. The van der Waals surface area contributed by atoms with Gasteiger partial charge in [0.1, 0.15) is 17.3 Å². The zero-order valence-corrected chi connectivity index (χ0v) is 12.1. The van der Waals surface area contributed by atoms with Crippen LogP contribution in [0.2, 0.25) is 0 Å². The molecule has 4 heteroatoms. The molecule has 0 bridgehead atoms. The largest absolute Gasteiger partial charge is 0.507 e. The van der Waals surface area contributed by atoms with E-state index in [2.05, 4.69) is 4.99 Å². The number of halogens is 1. The molecule has 1 N–H and O–H groups in total. The molecule has 3 rings (SSSR count). The predicted octanol–water partition coefficient (Wildman–Crippen LogP) is 3.95. The van der Waals surface area contributed by atoms with E-state index in [1.54, 1.807) is 0 Å². The molecule has 0 saturated heterocycles. The number of Topliss-reactive ketones (excluding diaryl/α,β-unsaturated/α-hetero) is 1. The van der Waals surface area contributed by atoms with Crippen LogP contribution in [-0.4, -0.2) is 16.6 Å². The van der Waals surface area contributed by atoms with Crippen molar-refractivity contribution < 1.29 is 14.3 Å². The van der Waals surface area contributed by atoms with Crippen LogP contribution in [0.15, 0.2) is 47.5 Å². The average Bonchev–Trinajstić information content (AvgIpc) is 2.58. The quantitative estimate of drug-likeness (QED) is 0.866. The van der Waals surface area contributed by atoms with Crippen LogP contribution in [0.5, 0.6) is 5.75 Å². The first kappa shape index (κ1) is 14.4. The van der Waals surface area contributed by atoms with E-state index in [1.807, 2.05) is 24.3 Å². The first-order chi connectivity index (χ1) is 10.6. The highest BCUT2D eigenvalue weighted by atomic mass is 19.1. The van der Waals surface area contributed by atoms with Gasteiger partial charge in [0.15, 0.2) is 0 Å². The lowest BCUT2D eigenvalue weighted by Gasteiger charge is -2.09. The minimum atomic E-state index is -0.462. The van der Waals surface area contributed by atoms with Gasteiger partial charge < -0.3 is 5.11 Å². The van der Waals surface area contributed by atoms with Crippen LogP contribution in [-0.2, 0) is 11.2 Å². The van der Waals surface area contributed by atoms with Crippen LogP contribution in [0.25, 0.3) is 0 Å². The number of hydrogen-bond acceptors (Lipinski definition) is 3. The van der Waals surface area contributed by atoms with E-state index in [9.17, 15) is 14.3 Å². The van der Waals surface area contributed by atoms with Crippen LogP contribution in [0.3, 0.4) is 0 Å². The number of carbonyl (C=O) groups is 1. The van der Waals surface area contributed by atoms with Gasteiger partial charge in [0.05, 0.1) is 11.4 Å². The average molecular weight is 297 g/mol. The van der Waals surface area contributed by atoms with Crippen molar-refractivity contribution in [2.45, 2.75) is 25.7 Å². The Morgan fingerprint density at radius 3 is 2.77 bits per heavy atom. The summed E-state index contributed by atoms with van der Waals surface area (Å²) < 4.78 is 13.5. The maximum atomic E-state index is 13.5. The molecular weight excluding hydrogens is 281 g/mol. The molecule has 112 valence electrons. The van der Waals surface area contributed by atoms with Gasteiger partial charge in [0, 0.05) is 18.4 Å². The lowest BCUT2D eigenvalue weighted by molar-refractivity contribution is -0.118. The molecule has 0 aromatic heterocycles. The van der Waals surface area contributed by atoms with Gasteiger partial charge in [-0.05, 0) is 42.7 Å². The van der Waals surface area contributed by atoms with Crippen molar-refractivity contribution in [3.8, 4) is 5.75 Å². The number of benzene rings is 2. The fourth-order valence-electron chi connectivity index (χ4n) is 2.66. The van der Waals surface area contributed by atoms with Gasteiger partial charge in [-0.25, -0.2) is 4.39 Å². The second-order valence-corrected chi connectivity index (χ2v) is 5.42. The van der Waals surface area contributed by atoms with Gasteiger partial charge in [-0.3, -0.25) is 9.79 Å². The summed E-state index contributed by atoms with van der Waals surface area (Å²) in [6.45, 7) is 0. The van der Waals surface area contributed by atoms with E-state index in [1.165, 1.54) is 18.2 Å². The summed E-state index contributed by atoms with van der Waals surface area (Å²) in [4.78, 5) is 16.6. The number of aliphatic imine (C=N–C) groups is 1. The normalized spacial score (nSPS) is 15.3. The maximum absolute atomic E-state index is 13.5. The highest BCUT2D eigenvalue weighted by Gasteiger charge is 2.17. The molecule has 3 nitrogen and oxygen atoms in total. The second kappa shape index (κ2) is 6.10. The molecule has 0 spiro atoms. The molecule has 0 aliphatic carbocycles. The molecule has 1 aliphatic heterocycles. The van der Waals surface area contributed by atoms with E-state index < -0.39 is 5.82 Å². The Balaban J connectivity index is 2.14. The summed E-state index contributed by atoms with van der Waals surface area (Å²) in [5.41, 5.74) is 2.53. The number of carbonyl (C=O) groups excluding carboxylic acids is 1. The molecule has 0 amide bonds. The van der Waals surface area contributed by atoms with Crippen molar-refractivity contribution in [3.05, 3.63) is 59.4 Å². The molecule has 0 fully saturated rings. The second-order valence-electron chi connectivity index (χ2n) is 5.42.